The highest BCUT2D eigenvalue weighted by molar-refractivity contribution is 5.66. The zero-order valence-electron chi connectivity index (χ0n) is 10.2. The molecule has 0 atom stereocenters. The van der Waals surface area contributed by atoms with Gasteiger partial charge < -0.3 is 5.32 Å². The fourth-order valence-corrected chi connectivity index (χ4v) is 1.69. The number of hydrogen-bond donors (Lipinski definition) is 1. The number of anilines is 1. The maximum absolute atomic E-state index is 8.98. The first-order valence-corrected chi connectivity index (χ1v) is 6.00. The largest absolute Gasteiger partial charge is 0.383 e. The standard InChI is InChI=1S/C14H17N3/c1-2-3-4-5-9-17-14-12(10-15)7-6-8-13(14)11-16/h6-8,17H,2-5,9H2,1H3. The van der Waals surface area contributed by atoms with Crippen molar-refractivity contribution in [3.05, 3.63) is 29.3 Å². The number of nitrogens with zero attached hydrogens (tertiary/aromatic N) is 2. The summed E-state index contributed by atoms with van der Waals surface area (Å²) in [6, 6.07) is 9.42. The van der Waals surface area contributed by atoms with Crippen LogP contribution in [-0.2, 0) is 0 Å². The second kappa shape index (κ2) is 7.30. The number of benzene rings is 1. The Hall–Kier alpha value is -2.00. The first-order valence-electron chi connectivity index (χ1n) is 6.00. The molecule has 0 bridgehead atoms. The predicted octanol–water partition coefficient (Wildman–Crippen LogP) is 3.42. The summed E-state index contributed by atoms with van der Waals surface area (Å²) in [5.74, 6) is 0. The molecule has 88 valence electrons. The molecule has 0 aromatic heterocycles. The first kappa shape index (κ1) is 13.1. The van der Waals surface area contributed by atoms with E-state index in [2.05, 4.69) is 24.4 Å². The molecule has 0 amide bonds. The summed E-state index contributed by atoms with van der Waals surface area (Å²) in [7, 11) is 0. The number of unbranched alkanes of at least 4 members (excludes halogenated alkanes) is 3. The lowest BCUT2D eigenvalue weighted by molar-refractivity contribution is 0.685. The Kier molecular flexibility index (Phi) is 5.61. The van der Waals surface area contributed by atoms with Crippen molar-refractivity contribution in [2.75, 3.05) is 11.9 Å². The quantitative estimate of drug-likeness (QED) is 0.757. The van der Waals surface area contributed by atoms with Gasteiger partial charge >= 0.3 is 0 Å². The van der Waals surface area contributed by atoms with Gasteiger partial charge in [-0.25, -0.2) is 0 Å². The van der Waals surface area contributed by atoms with E-state index in [1.807, 2.05) is 0 Å². The van der Waals surface area contributed by atoms with Gasteiger partial charge in [-0.2, -0.15) is 10.5 Å². The van der Waals surface area contributed by atoms with Gasteiger partial charge in [-0.15, -0.1) is 0 Å². The van der Waals surface area contributed by atoms with Crippen molar-refractivity contribution in [1.29, 1.82) is 10.5 Å². The van der Waals surface area contributed by atoms with Crippen LogP contribution in [0.1, 0.15) is 43.7 Å². The third kappa shape index (κ3) is 3.81. The molecule has 1 aromatic carbocycles. The van der Waals surface area contributed by atoms with Crippen molar-refractivity contribution in [3.63, 3.8) is 0 Å². The van der Waals surface area contributed by atoms with Crippen LogP contribution < -0.4 is 5.32 Å². The highest BCUT2D eigenvalue weighted by Crippen LogP contribution is 2.19. The lowest BCUT2D eigenvalue weighted by Gasteiger charge is -2.09. The van der Waals surface area contributed by atoms with E-state index in [9.17, 15) is 0 Å². The fourth-order valence-electron chi connectivity index (χ4n) is 1.69. The summed E-state index contributed by atoms with van der Waals surface area (Å²) in [5, 5.41) is 21.2. The molecule has 1 N–H and O–H groups in total. The van der Waals surface area contributed by atoms with Crippen molar-refractivity contribution < 1.29 is 0 Å². The highest BCUT2D eigenvalue weighted by Gasteiger charge is 2.06. The molecular weight excluding hydrogens is 210 g/mol. The van der Waals surface area contributed by atoms with Crippen LogP contribution in [0, 0.1) is 22.7 Å². The average Bonchev–Trinajstić information content (AvgIpc) is 2.38. The maximum atomic E-state index is 8.98. The van der Waals surface area contributed by atoms with Crippen molar-refractivity contribution in [1.82, 2.24) is 0 Å². The lowest BCUT2D eigenvalue weighted by atomic mass is 10.1. The molecule has 0 saturated carbocycles. The van der Waals surface area contributed by atoms with Crippen molar-refractivity contribution in [2.24, 2.45) is 0 Å². The predicted molar refractivity (Wildman–Crippen MR) is 68.5 cm³/mol. The molecule has 0 aliphatic rings. The molecule has 0 heterocycles. The van der Waals surface area contributed by atoms with E-state index in [1.54, 1.807) is 18.2 Å². The van der Waals surface area contributed by atoms with Crippen LogP contribution in [0.5, 0.6) is 0 Å². The summed E-state index contributed by atoms with van der Waals surface area (Å²) in [6.07, 6.45) is 4.68. The summed E-state index contributed by atoms with van der Waals surface area (Å²) in [4.78, 5) is 0. The molecule has 3 nitrogen and oxygen atoms in total. The van der Waals surface area contributed by atoms with Crippen molar-refractivity contribution in [2.45, 2.75) is 32.6 Å². The highest BCUT2D eigenvalue weighted by atomic mass is 14.9. The molecule has 0 saturated heterocycles. The van der Waals surface area contributed by atoms with Gasteiger partial charge in [0.2, 0.25) is 0 Å². The van der Waals surface area contributed by atoms with Crippen LogP contribution in [0.2, 0.25) is 0 Å². The summed E-state index contributed by atoms with van der Waals surface area (Å²) in [6.45, 7) is 2.99. The van der Waals surface area contributed by atoms with Gasteiger partial charge in [-0.05, 0) is 18.6 Å². The molecular formula is C14H17N3. The number of nitrogens with one attached hydrogen (secondary N) is 1. The van der Waals surface area contributed by atoms with Gasteiger partial charge in [-0.1, -0.05) is 32.3 Å². The van der Waals surface area contributed by atoms with E-state index in [4.69, 9.17) is 10.5 Å². The van der Waals surface area contributed by atoms with Gasteiger partial charge in [0.05, 0.1) is 16.8 Å². The SMILES string of the molecule is CCCCCCNc1c(C#N)cccc1C#N. The zero-order chi connectivity index (χ0) is 12.5. The molecule has 0 aliphatic carbocycles. The molecule has 0 aliphatic heterocycles. The Morgan fingerprint density at radius 2 is 1.71 bits per heavy atom. The van der Waals surface area contributed by atoms with Crippen molar-refractivity contribution >= 4 is 5.69 Å². The van der Waals surface area contributed by atoms with Crippen LogP contribution in [0.3, 0.4) is 0 Å². The fraction of sp³-hybridized carbons (Fsp3) is 0.429. The van der Waals surface area contributed by atoms with Gasteiger partial charge in [0.15, 0.2) is 0 Å². The Bertz CT molecular complexity index is 406. The number of hydrogen-bond acceptors (Lipinski definition) is 3. The van der Waals surface area contributed by atoms with Crippen molar-refractivity contribution in [3.8, 4) is 12.1 Å². The van der Waals surface area contributed by atoms with E-state index in [-0.39, 0.29) is 0 Å². The smallest absolute Gasteiger partial charge is 0.101 e. The number of nitriles is 2. The van der Waals surface area contributed by atoms with Crippen LogP contribution in [-0.4, -0.2) is 6.54 Å². The molecule has 1 rings (SSSR count). The second-order valence-corrected chi connectivity index (χ2v) is 3.94. The molecule has 3 heteroatoms. The topological polar surface area (TPSA) is 59.6 Å². The van der Waals surface area contributed by atoms with Gasteiger partial charge in [0.1, 0.15) is 12.1 Å². The lowest BCUT2D eigenvalue weighted by Crippen LogP contribution is -2.05. The molecule has 1 aromatic rings. The Morgan fingerprint density at radius 3 is 2.24 bits per heavy atom. The molecule has 17 heavy (non-hydrogen) atoms. The van der Waals surface area contributed by atoms with Gasteiger partial charge in [0.25, 0.3) is 0 Å². The third-order valence-corrected chi connectivity index (χ3v) is 2.64. The Balaban J connectivity index is 2.63. The monoisotopic (exact) mass is 227 g/mol. The molecule has 0 radical (unpaired) electrons. The Morgan fingerprint density at radius 1 is 1.06 bits per heavy atom. The Labute approximate surface area is 103 Å². The van der Waals surface area contributed by atoms with Crippen LogP contribution in [0.15, 0.2) is 18.2 Å². The number of para-hydroxylation sites is 1. The molecule has 0 fully saturated rings. The summed E-state index contributed by atoms with van der Waals surface area (Å²) in [5.41, 5.74) is 1.76. The van der Waals surface area contributed by atoms with Crippen LogP contribution in [0.4, 0.5) is 5.69 Å². The molecule has 0 spiro atoms. The number of rotatable bonds is 6. The normalized spacial score (nSPS) is 9.35. The maximum Gasteiger partial charge on any atom is 0.101 e. The van der Waals surface area contributed by atoms with Crippen LogP contribution >= 0.6 is 0 Å². The summed E-state index contributed by atoms with van der Waals surface area (Å²) < 4.78 is 0. The molecule has 0 unspecified atom stereocenters. The van der Waals surface area contributed by atoms with Crippen LogP contribution in [0.25, 0.3) is 0 Å². The summed E-state index contributed by atoms with van der Waals surface area (Å²) >= 11 is 0. The van der Waals surface area contributed by atoms with Gasteiger partial charge in [-0.3, -0.25) is 0 Å². The van der Waals surface area contributed by atoms with E-state index in [1.165, 1.54) is 19.3 Å². The minimum Gasteiger partial charge on any atom is -0.383 e. The minimum absolute atomic E-state index is 0.541. The van der Waals surface area contributed by atoms with E-state index in [0.717, 1.165) is 13.0 Å². The second-order valence-electron chi connectivity index (χ2n) is 3.94. The van der Waals surface area contributed by atoms with Gasteiger partial charge in [0, 0.05) is 6.54 Å². The average molecular weight is 227 g/mol. The van der Waals surface area contributed by atoms with E-state index >= 15 is 0 Å². The zero-order valence-corrected chi connectivity index (χ0v) is 10.2. The minimum atomic E-state index is 0.541. The van der Waals surface area contributed by atoms with E-state index < -0.39 is 0 Å². The van der Waals surface area contributed by atoms with E-state index in [0.29, 0.717) is 16.8 Å². The first-order chi connectivity index (χ1) is 8.33. The third-order valence-electron chi connectivity index (χ3n) is 2.64.